The zero-order chi connectivity index (χ0) is 11.4. The van der Waals surface area contributed by atoms with Crippen LogP contribution in [0.25, 0.3) is 0 Å². The van der Waals surface area contributed by atoms with Gasteiger partial charge in [-0.1, -0.05) is 13.8 Å². The monoisotopic (exact) mass is 214 g/mol. The molecule has 1 aliphatic heterocycles. The van der Waals surface area contributed by atoms with Crippen molar-refractivity contribution in [1.29, 1.82) is 0 Å². The van der Waals surface area contributed by atoms with E-state index in [0.29, 0.717) is 12.0 Å². The molecule has 0 bridgehead atoms. The molecule has 1 fully saturated rings. The van der Waals surface area contributed by atoms with Crippen LogP contribution in [0.2, 0.25) is 0 Å². The van der Waals surface area contributed by atoms with Crippen LogP contribution in [0.4, 0.5) is 0 Å². The van der Waals surface area contributed by atoms with Crippen LogP contribution in [0.5, 0.6) is 0 Å². The molecule has 0 spiro atoms. The van der Waals surface area contributed by atoms with E-state index in [1.165, 1.54) is 0 Å². The van der Waals surface area contributed by atoms with Gasteiger partial charge in [0.05, 0.1) is 6.54 Å². The fourth-order valence-corrected chi connectivity index (χ4v) is 2.15. The first-order valence-corrected chi connectivity index (χ1v) is 5.67. The highest BCUT2D eigenvalue weighted by Gasteiger charge is 2.24. The van der Waals surface area contributed by atoms with Crippen molar-refractivity contribution in [3.05, 3.63) is 0 Å². The average molecular weight is 214 g/mol. The number of aliphatic carboxylic acids is 1. The number of carbonyl (C=O) groups is 1. The van der Waals surface area contributed by atoms with Gasteiger partial charge in [-0.15, -0.1) is 0 Å². The van der Waals surface area contributed by atoms with Crippen LogP contribution in [0.15, 0.2) is 0 Å². The smallest absolute Gasteiger partial charge is 0.317 e. The number of piperazine rings is 1. The molecule has 0 saturated carbocycles. The van der Waals surface area contributed by atoms with Crippen LogP contribution in [0.3, 0.4) is 0 Å². The van der Waals surface area contributed by atoms with E-state index in [0.717, 1.165) is 26.2 Å². The fourth-order valence-electron chi connectivity index (χ4n) is 2.15. The van der Waals surface area contributed by atoms with Gasteiger partial charge in [0.1, 0.15) is 0 Å². The predicted molar refractivity (Wildman–Crippen MR) is 59.9 cm³/mol. The summed E-state index contributed by atoms with van der Waals surface area (Å²) in [6, 6.07) is 0.473. The van der Waals surface area contributed by atoms with Crippen molar-refractivity contribution in [1.82, 2.24) is 9.80 Å². The molecule has 1 rings (SSSR count). The quantitative estimate of drug-likeness (QED) is 0.749. The molecule has 1 aliphatic rings. The second-order valence-electron chi connectivity index (χ2n) is 4.87. The molecule has 4 heteroatoms. The summed E-state index contributed by atoms with van der Waals surface area (Å²) >= 11 is 0. The molecule has 0 aromatic carbocycles. The van der Waals surface area contributed by atoms with Crippen LogP contribution in [0.1, 0.15) is 20.8 Å². The Morgan fingerprint density at radius 1 is 1.47 bits per heavy atom. The number of hydrogen-bond donors (Lipinski definition) is 1. The molecule has 1 N–H and O–H groups in total. The van der Waals surface area contributed by atoms with E-state index in [-0.39, 0.29) is 6.54 Å². The molecular weight excluding hydrogens is 192 g/mol. The summed E-state index contributed by atoms with van der Waals surface area (Å²) in [6.07, 6.45) is 0. The Kier molecular flexibility index (Phi) is 4.54. The van der Waals surface area contributed by atoms with E-state index in [2.05, 4.69) is 25.7 Å². The molecule has 0 unspecified atom stereocenters. The largest absolute Gasteiger partial charge is 0.480 e. The van der Waals surface area contributed by atoms with Crippen molar-refractivity contribution in [2.24, 2.45) is 5.92 Å². The third kappa shape index (κ3) is 4.18. The number of carboxylic acid groups (broad SMARTS) is 1. The van der Waals surface area contributed by atoms with Crippen LogP contribution in [0, 0.1) is 5.92 Å². The number of rotatable bonds is 4. The molecule has 0 aromatic heterocycles. The fraction of sp³-hybridized carbons (Fsp3) is 0.909. The van der Waals surface area contributed by atoms with Gasteiger partial charge in [-0.3, -0.25) is 14.6 Å². The molecule has 0 aliphatic carbocycles. The summed E-state index contributed by atoms with van der Waals surface area (Å²) in [7, 11) is 0. The van der Waals surface area contributed by atoms with E-state index in [4.69, 9.17) is 5.11 Å². The van der Waals surface area contributed by atoms with E-state index in [9.17, 15) is 4.79 Å². The zero-order valence-electron chi connectivity index (χ0n) is 9.94. The first-order valence-electron chi connectivity index (χ1n) is 5.67. The van der Waals surface area contributed by atoms with Crippen molar-refractivity contribution >= 4 is 5.97 Å². The first-order chi connectivity index (χ1) is 6.99. The molecule has 0 amide bonds. The Hall–Kier alpha value is -0.610. The maximum atomic E-state index is 10.6. The summed E-state index contributed by atoms with van der Waals surface area (Å²) in [4.78, 5) is 15.0. The Morgan fingerprint density at radius 2 is 2.13 bits per heavy atom. The zero-order valence-corrected chi connectivity index (χ0v) is 9.94. The summed E-state index contributed by atoms with van der Waals surface area (Å²) < 4.78 is 0. The molecule has 1 heterocycles. The highest BCUT2D eigenvalue weighted by molar-refractivity contribution is 5.69. The Labute approximate surface area is 91.9 Å². The predicted octanol–water partition coefficient (Wildman–Crippen LogP) is 0.733. The molecule has 15 heavy (non-hydrogen) atoms. The minimum atomic E-state index is -0.723. The van der Waals surface area contributed by atoms with Gasteiger partial charge in [0, 0.05) is 32.2 Å². The van der Waals surface area contributed by atoms with Gasteiger partial charge >= 0.3 is 5.97 Å². The van der Waals surface area contributed by atoms with Crippen LogP contribution in [-0.4, -0.2) is 59.6 Å². The van der Waals surface area contributed by atoms with E-state index >= 15 is 0 Å². The lowest BCUT2D eigenvalue weighted by molar-refractivity contribution is -0.139. The Bertz CT molecular complexity index is 219. The molecule has 4 nitrogen and oxygen atoms in total. The van der Waals surface area contributed by atoms with Crippen molar-refractivity contribution in [3.8, 4) is 0 Å². The van der Waals surface area contributed by atoms with Crippen molar-refractivity contribution in [2.75, 3.05) is 32.7 Å². The standard InChI is InChI=1S/C11H22N2O2/c1-9(2)6-13-5-4-12(7-10(13)3)8-11(14)15/h9-10H,4-8H2,1-3H3,(H,14,15)/t10-/m0/s1. The Balaban J connectivity index is 2.37. The van der Waals surface area contributed by atoms with Gasteiger partial charge in [-0.05, 0) is 12.8 Å². The molecule has 0 aromatic rings. The number of carboxylic acids is 1. The molecule has 1 saturated heterocycles. The van der Waals surface area contributed by atoms with Crippen molar-refractivity contribution < 1.29 is 9.90 Å². The third-order valence-electron chi connectivity index (χ3n) is 2.81. The molecular formula is C11H22N2O2. The summed E-state index contributed by atoms with van der Waals surface area (Å²) in [6.45, 7) is 10.7. The lowest BCUT2D eigenvalue weighted by Crippen LogP contribution is -2.53. The second kappa shape index (κ2) is 5.47. The van der Waals surface area contributed by atoms with Gasteiger partial charge in [0.15, 0.2) is 0 Å². The van der Waals surface area contributed by atoms with Crippen LogP contribution in [-0.2, 0) is 4.79 Å². The lowest BCUT2D eigenvalue weighted by Gasteiger charge is -2.40. The minimum Gasteiger partial charge on any atom is -0.480 e. The molecule has 0 radical (unpaired) electrons. The van der Waals surface area contributed by atoms with Gasteiger partial charge in [0.25, 0.3) is 0 Å². The molecule has 88 valence electrons. The summed E-state index contributed by atoms with van der Waals surface area (Å²) in [5, 5.41) is 8.71. The first kappa shape index (κ1) is 12.5. The van der Waals surface area contributed by atoms with E-state index < -0.39 is 5.97 Å². The van der Waals surface area contributed by atoms with Gasteiger partial charge in [0.2, 0.25) is 0 Å². The van der Waals surface area contributed by atoms with E-state index in [1.807, 2.05) is 4.90 Å². The summed E-state index contributed by atoms with van der Waals surface area (Å²) in [5.41, 5.74) is 0. The van der Waals surface area contributed by atoms with Gasteiger partial charge < -0.3 is 5.11 Å². The van der Waals surface area contributed by atoms with E-state index in [1.54, 1.807) is 0 Å². The SMILES string of the molecule is CC(C)CN1CCN(CC(=O)O)C[C@@H]1C. The maximum absolute atomic E-state index is 10.6. The topological polar surface area (TPSA) is 43.8 Å². The highest BCUT2D eigenvalue weighted by atomic mass is 16.4. The van der Waals surface area contributed by atoms with Gasteiger partial charge in [-0.2, -0.15) is 0 Å². The highest BCUT2D eigenvalue weighted by Crippen LogP contribution is 2.11. The minimum absolute atomic E-state index is 0.180. The Morgan fingerprint density at radius 3 is 2.60 bits per heavy atom. The number of nitrogens with zero attached hydrogens (tertiary/aromatic N) is 2. The lowest BCUT2D eigenvalue weighted by atomic mass is 10.1. The number of hydrogen-bond acceptors (Lipinski definition) is 3. The van der Waals surface area contributed by atoms with Crippen molar-refractivity contribution in [3.63, 3.8) is 0 Å². The maximum Gasteiger partial charge on any atom is 0.317 e. The van der Waals surface area contributed by atoms with Crippen molar-refractivity contribution in [2.45, 2.75) is 26.8 Å². The molecule has 1 atom stereocenters. The van der Waals surface area contributed by atoms with Crippen LogP contribution < -0.4 is 0 Å². The third-order valence-corrected chi connectivity index (χ3v) is 2.81. The average Bonchev–Trinajstić information content (AvgIpc) is 2.08. The summed E-state index contributed by atoms with van der Waals surface area (Å²) in [5.74, 6) is -0.0435. The van der Waals surface area contributed by atoms with Gasteiger partial charge in [-0.25, -0.2) is 0 Å². The second-order valence-corrected chi connectivity index (χ2v) is 4.87. The van der Waals surface area contributed by atoms with Crippen LogP contribution >= 0.6 is 0 Å². The normalized spacial score (nSPS) is 24.7.